The molecule has 42 heavy (non-hydrogen) atoms. The van der Waals surface area contributed by atoms with Gasteiger partial charge < -0.3 is 20.3 Å². The SMILES string of the molecule is Cc1cc(C)cc(C(C(=O)Nc2c(C)cccc2C)N(C(=O)C(Cc2ccccc2)NC(=O)OC(C)(C)C)C(C)C)c1. The van der Waals surface area contributed by atoms with Crippen LogP contribution < -0.4 is 10.6 Å². The van der Waals surface area contributed by atoms with Crippen LogP contribution in [0.1, 0.15) is 74.0 Å². The first-order valence-electron chi connectivity index (χ1n) is 14.5. The van der Waals surface area contributed by atoms with Crippen LogP contribution in [0.5, 0.6) is 0 Å². The molecule has 3 amide bonds. The number of benzene rings is 3. The smallest absolute Gasteiger partial charge is 0.408 e. The van der Waals surface area contributed by atoms with E-state index in [4.69, 9.17) is 4.74 Å². The number of para-hydroxylation sites is 1. The summed E-state index contributed by atoms with van der Waals surface area (Å²) in [4.78, 5) is 43.3. The lowest BCUT2D eigenvalue weighted by molar-refractivity contribution is -0.142. The molecule has 0 bridgehead atoms. The molecule has 0 aromatic heterocycles. The second-order valence-electron chi connectivity index (χ2n) is 12.3. The van der Waals surface area contributed by atoms with Crippen LogP contribution >= 0.6 is 0 Å². The van der Waals surface area contributed by atoms with Gasteiger partial charge in [0, 0.05) is 18.2 Å². The van der Waals surface area contributed by atoms with Gasteiger partial charge in [-0.2, -0.15) is 0 Å². The van der Waals surface area contributed by atoms with Crippen molar-refractivity contribution in [2.45, 2.75) is 92.5 Å². The van der Waals surface area contributed by atoms with Gasteiger partial charge in [-0.25, -0.2) is 4.79 Å². The highest BCUT2D eigenvalue weighted by molar-refractivity contribution is 6.00. The van der Waals surface area contributed by atoms with E-state index in [1.807, 2.05) is 108 Å². The summed E-state index contributed by atoms with van der Waals surface area (Å²) in [5.41, 5.74) is 5.39. The maximum atomic E-state index is 14.5. The van der Waals surface area contributed by atoms with E-state index in [9.17, 15) is 14.4 Å². The predicted molar refractivity (Wildman–Crippen MR) is 168 cm³/mol. The highest BCUT2D eigenvalue weighted by atomic mass is 16.6. The van der Waals surface area contributed by atoms with Crippen molar-refractivity contribution < 1.29 is 19.1 Å². The van der Waals surface area contributed by atoms with Gasteiger partial charge in [-0.05, 0) is 84.6 Å². The second kappa shape index (κ2) is 13.7. The Morgan fingerprint density at radius 2 is 1.40 bits per heavy atom. The van der Waals surface area contributed by atoms with Gasteiger partial charge in [0.2, 0.25) is 5.91 Å². The average Bonchev–Trinajstić information content (AvgIpc) is 2.87. The van der Waals surface area contributed by atoms with Gasteiger partial charge in [-0.3, -0.25) is 9.59 Å². The number of carbonyl (C=O) groups is 3. The summed E-state index contributed by atoms with van der Waals surface area (Å²) < 4.78 is 5.53. The number of carbonyl (C=O) groups excluding carboxylic acids is 3. The number of nitrogens with one attached hydrogen (secondary N) is 2. The lowest BCUT2D eigenvalue weighted by Gasteiger charge is -2.37. The van der Waals surface area contributed by atoms with Crippen molar-refractivity contribution in [3.63, 3.8) is 0 Å². The molecule has 0 fully saturated rings. The van der Waals surface area contributed by atoms with Crippen LogP contribution in [0.2, 0.25) is 0 Å². The molecule has 2 unspecified atom stereocenters. The molecule has 2 atom stereocenters. The number of amides is 3. The molecule has 2 N–H and O–H groups in total. The van der Waals surface area contributed by atoms with Gasteiger partial charge in [-0.15, -0.1) is 0 Å². The lowest BCUT2D eigenvalue weighted by Crippen LogP contribution is -2.55. The fourth-order valence-electron chi connectivity index (χ4n) is 5.17. The highest BCUT2D eigenvalue weighted by Crippen LogP contribution is 2.30. The average molecular weight is 572 g/mol. The summed E-state index contributed by atoms with van der Waals surface area (Å²) in [6.45, 7) is 16.9. The zero-order valence-corrected chi connectivity index (χ0v) is 26.4. The Hall–Kier alpha value is -4.13. The number of alkyl carbamates (subject to hydrolysis) is 1. The summed E-state index contributed by atoms with van der Waals surface area (Å²) in [7, 11) is 0. The zero-order chi connectivity index (χ0) is 31.2. The first kappa shape index (κ1) is 32.4. The van der Waals surface area contributed by atoms with Crippen molar-refractivity contribution in [3.05, 3.63) is 100 Å². The molecule has 0 aliphatic rings. The minimum atomic E-state index is -0.967. The first-order valence-corrected chi connectivity index (χ1v) is 14.5. The van der Waals surface area contributed by atoms with E-state index in [1.54, 1.807) is 25.7 Å². The van der Waals surface area contributed by atoms with Gasteiger partial charge in [0.1, 0.15) is 17.7 Å². The fraction of sp³-hybridized carbons (Fsp3) is 0.400. The third-order valence-electron chi connectivity index (χ3n) is 6.90. The van der Waals surface area contributed by atoms with Crippen LogP contribution in [-0.4, -0.2) is 40.5 Å². The number of anilines is 1. The van der Waals surface area contributed by atoms with Crippen LogP contribution in [0.4, 0.5) is 10.5 Å². The van der Waals surface area contributed by atoms with Gasteiger partial charge >= 0.3 is 6.09 Å². The van der Waals surface area contributed by atoms with Gasteiger partial charge in [0.15, 0.2) is 0 Å². The Morgan fingerprint density at radius 1 is 0.833 bits per heavy atom. The molecule has 3 aromatic carbocycles. The largest absolute Gasteiger partial charge is 0.444 e. The van der Waals surface area contributed by atoms with E-state index in [-0.39, 0.29) is 24.3 Å². The summed E-state index contributed by atoms with van der Waals surface area (Å²) in [6.07, 6.45) is -0.455. The highest BCUT2D eigenvalue weighted by Gasteiger charge is 2.38. The van der Waals surface area contributed by atoms with E-state index in [1.165, 1.54) is 0 Å². The molecule has 7 nitrogen and oxygen atoms in total. The number of ether oxygens (including phenoxy) is 1. The zero-order valence-electron chi connectivity index (χ0n) is 26.4. The topological polar surface area (TPSA) is 87.7 Å². The van der Waals surface area contributed by atoms with E-state index in [2.05, 4.69) is 10.6 Å². The van der Waals surface area contributed by atoms with Crippen molar-refractivity contribution in [2.24, 2.45) is 0 Å². The minimum Gasteiger partial charge on any atom is -0.444 e. The van der Waals surface area contributed by atoms with Gasteiger partial charge in [-0.1, -0.05) is 77.9 Å². The number of hydrogen-bond donors (Lipinski definition) is 2. The number of aryl methyl sites for hydroxylation is 4. The first-order chi connectivity index (χ1) is 19.7. The summed E-state index contributed by atoms with van der Waals surface area (Å²) in [6, 6.07) is 19.0. The molecule has 3 rings (SSSR count). The maximum absolute atomic E-state index is 14.5. The van der Waals surface area contributed by atoms with Crippen molar-refractivity contribution >= 4 is 23.6 Å². The Labute approximate surface area is 250 Å². The molecular formula is C35H45N3O4. The van der Waals surface area contributed by atoms with E-state index < -0.39 is 23.8 Å². The Morgan fingerprint density at radius 3 is 1.93 bits per heavy atom. The Kier molecular flexibility index (Phi) is 10.6. The van der Waals surface area contributed by atoms with Crippen LogP contribution in [0, 0.1) is 27.7 Å². The maximum Gasteiger partial charge on any atom is 0.408 e. The van der Waals surface area contributed by atoms with Gasteiger partial charge in [0.25, 0.3) is 5.91 Å². The standard InChI is InChI=1S/C35H45N3O4/c1-22(2)38(33(40)29(21-27-16-11-10-12-17-27)36-34(41)42-35(7,8)9)31(28-19-23(3)18-24(4)20-28)32(39)37-30-25(5)14-13-15-26(30)6/h10-20,22,29,31H,21H2,1-9H3,(H,36,41)(H,37,39). The normalized spacial score (nSPS) is 12.8. The third-order valence-corrected chi connectivity index (χ3v) is 6.90. The lowest BCUT2D eigenvalue weighted by atomic mass is 9.96. The van der Waals surface area contributed by atoms with Crippen LogP contribution in [-0.2, 0) is 20.7 Å². The van der Waals surface area contributed by atoms with E-state index >= 15 is 0 Å². The summed E-state index contributed by atoms with van der Waals surface area (Å²) in [5, 5.41) is 5.93. The van der Waals surface area contributed by atoms with Crippen molar-refractivity contribution in [2.75, 3.05) is 5.32 Å². The molecule has 0 saturated carbocycles. The predicted octanol–water partition coefficient (Wildman–Crippen LogP) is 6.97. The molecule has 0 aliphatic carbocycles. The van der Waals surface area contributed by atoms with Gasteiger partial charge in [0.05, 0.1) is 0 Å². The quantitative estimate of drug-likeness (QED) is 0.290. The molecule has 7 heteroatoms. The van der Waals surface area contributed by atoms with Crippen molar-refractivity contribution in [1.29, 1.82) is 0 Å². The van der Waals surface area contributed by atoms with Crippen molar-refractivity contribution in [1.82, 2.24) is 10.2 Å². The van der Waals surface area contributed by atoms with Crippen LogP contribution in [0.25, 0.3) is 0 Å². The fourth-order valence-corrected chi connectivity index (χ4v) is 5.17. The van der Waals surface area contributed by atoms with Crippen molar-refractivity contribution in [3.8, 4) is 0 Å². The Balaban J connectivity index is 2.11. The van der Waals surface area contributed by atoms with E-state index in [0.717, 1.165) is 33.5 Å². The van der Waals surface area contributed by atoms with Crippen LogP contribution in [0.15, 0.2) is 66.7 Å². The summed E-state index contributed by atoms with van der Waals surface area (Å²) >= 11 is 0. The second-order valence-corrected chi connectivity index (χ2v) is 12.3. The molecular weight excluding hydrogens is 526 g/mol. The molecule has 0 heterocycles. The molecule has 0 aliphatic heterocycles. The molecule has 224 valence electrons. The minimum absolute atomic E-state index is 0.236. The third kappa shape index (κ3) is 8.68. The number of nitrogens with zero attached hydrogens (tertiary/aromatic N) is 1. The summed E-state index contributed by atoms with van der Waals surface area (Å²) in [5.74, 6) is -0.698. The van der Waals surface area contributed by atoms with E-state index in [0.29, 0.717) is 5.56 Å². The monoisotopic (exact) mass is 571 g/mol. The molecule has 3 aromatic rings. The molecule has 0 spiro atoms. The number of rotatable bonds is 9. The number of hydrogen-bond acceptors (Lipinski definition) is 4. The van der Waals surface area contributed by atoms with Crippen LogP contribution in [0.3, 0.4) is 0 Å². The molecule has 0 saturated heterocycles. The molecule has 0 radical (unpaired) electrons. The Bertz CT molecular complexity index is 1370.